The number of esters is 2. The van der Waals surface area contributed by atoms with Gasteiger partial charge >= 0.3 is 24.0 Å². The Bertz CT molecular complexity index is 1700. The number of nitro benzene ring substituents is 1. The fraction of sp³-hybridized carbons (Fsp3) is 0.345. The number of carboxylic acid groups (broad SMARTS) is 1. The number of non-ortho nitro benzene ring substituents is 1. The molecule has 2 heterocycles. The van der Waals surface area contributed by atoms with Gasteiger partial charge in [-0.3, -0.25) is 39.0 Å². The highest BCUT2D eigenvalue weighted by Gasteiger charge is 2.74. The minimum atomic E-state index is -2.38. The largest absolute Gasteiger partial charge is 0.478 e. The van der Waals surface area contributed by atoms with Crippen LogP contribution in [-0.2, 0) is 40.1 Å². The van der Waals surface area contributed by atoms with E-state index in [0.29, 0.717) is 12.0 Å². The van der Waals surface area contributed by atoms with Crippen molar-refractivity contribution in [3.05, 3.63) is 63.7 Å². The zero-order valence-corrected chi connectivity index (χ0v) is 26.5. The Labute approximate surface area is 275 Å². The molecular formula is C29H29N5O13S. The van der Waals surface area contributed by atoms with Crippen LogP contribution in [0.5, 0.6) is 11.5 Å². The van der Waals surface area contributed by atoms with Crippen LogP contribution in [0.15, 0.2) is 42.5 Å². The number of carbonyl (C=O) groups excluding carboxylic acids is 6. The highest BCUT2D eigenvalue weighted by Crippen LogP contribution is 2.55. The number of β-lactam (4-membered cyclic amide) rings is 1. The van der Waals surface area contributed by atoms with Crippen LogP contribution in [0.25, 0.3) is 0 Å². The Morgan fingerprint density at radius 2 is 1.69 bits per heavy atom. The van der Waals surface area contributed by atoms with Gasteiger partial charge in [-0.25, -0.2) is 9.59 Å². The van der Waals surface area contributed by atoms with Crippen molar-refractivity contribution in [1.82, 2.24) is 20.9 Å². The molecule has 18 nitrogen and oxygen atoms in total. The van der Waals surface area contributed by atoms with E-state index in [1.807, 2.05) is 0 Å². The molecule has 19 heteroatoms. The Kier molecular flexibility index (Phi) is 9.93. The van der Waals surface area contributed by atoms with Gasteiger partial charge in [0.25, 0.3) is 11.6 Å². The van der Waals surface area contributed by atoms with Gasteiger partial charge < -0.3 is 35.3 Å². The third-order valence-corrected chi connectivity index (χ3v) is 9.01. The van der Waals surface area contributed by atoms with E-state index in [9.17, 15) is 48.8 Å². The average Bonchev–Trinajstić information content (AvgIpc) is 3.22. The van der Waals surface area contributed by atoms with E-state index in [0.717, 1.165) is 36.6 Å². The maximum absolute atomic E-state index is 14.1. The molecule has 254 valence electrons. The van der Waals surface area contributed by atoms with Gasteiger partial charge in [-0.2, -0.15) is 0 Å². The number of amides is 4. The number of rotatable bonds is 12. The van der Waals surface area contributed by atoms with Gasteiger partial charge in [0.15, 0.2) is 11.5 Å². The van der Waals surface area contributed by atoms with Gasteiger partial charge in [-0.05, 0) is 49.2 Å². The molecular weight excluding hydrogens is 658 g/mol. The first-order valence-corrected chi connectivity index (χ1v) is 14.8. The van der Waals surface area contributed by atoms with Crippen LogP contribution >= 0.6 is 11.8 Å². The molecule has 2 aromatic rings. The molecule has 2 aromatic carbocycles. The number of nitrogens with zero attached hydrogens (tertiary/aromatic N) is 2. The first kappa shape index (κ1) is 35.1. The fourth-order valence-electron chi connectivity index (χ4n) is 5.22. The summed E-state index contributed by atoms with van der Waals surface area (Å²) in [6, 6.07) is 5.77. The van der Waals surface area contributed by atoms with E-state index in [4.69, 9.17) is 14.2 Å². The molecule has 1 unspecified atom stereocenters. The predicted octanol–water partition coefficient (Wildman–Crippen LogP) is 1.12. The van der Waals surface area contributed by atoms with E-state index in [-0.39, 0.29) is 29.4 Å². The van der Waals surface area contributed by atoms with Crippen LogP contribution in [0, 0.1) is 10.1 Å². The topological polar surface area (TPSA) is 250 Å². The lowest BCUT2D eigenvalue weighted by molar-refractivity contribution is -0.384. The molecule has 2 aliphatic heterocycles. The minimum absolute atomic E-state index is 0.0945. The maximum atomic E-state index is 14.1. The molecule has 2 saturated heterocycles. The van der Waals surface area contributed by atoms with E-state index >= 15 is 0 Å². The van der Waals surface area contributed by atoms with Crippen LogP contribution in [0.4, 0.5) is 10.5 Å². The predicted molar refractivity (Wildman–Crippen MR) is 162 cm³/mol. The molecule has 0 bridgehead atoms. The number of nitro groups is 1. The number of nitrogens with one attached hydrogen (secondary N) is 3. The number of alkyl carbamates (subject to hydrolysis) is 1. The van der Waals surface area contributed by atoms with E-state index in [1.54, 1.807) is 0 Å². The smallest absolute Gasteiger partial charge is 0.408 e. The second-order valence-corrected chi connectivity index (χ2v) is 12.7. The molecule has 0 spiro atoms. The van der Waals surface area contributed by atoms with Crippen molar-refractivity contribution in [2.45, 2.75) is 62.2 Å². The molecule has 4 rings (SSSR count). The van der Waals surface area contributed by atoms with Crippen LogP contribution in [0.1, 0.15) is 44.9 Å². The molecule has 0 saturated carbocycles. The summed E-state index contributed by atoms with van der Waals surface area (Å²) >= 11 is 1.02. The zero-order chi connectivity index (χ0) is 35.6. The fourth-order valence-corrected chi connectivity index (χ4v) is 6.93. The van der Waals surface area contributed by atoms with Crippen LogP contribution in [0.2, 0.25) is 0 Å². The number of carbonyl (C=O) groups is 7. The number of benzene rings is 2. The van der Waals surface area contributed by atoms with E-state index in [1.165, 1.54) is 50.2 Å². The summed E-state index contributed by atoms with van der Waals surface area (Å²) in [5.74, 6) is -5.65. The number of fused-ring (bicyclic) bond motifs is 1. The van der Waals surface area contributed by atoms with Crippen molar-refractivity contribution in [3.8, 4) is 11.5 Å². The van der Waals surface area contributed by atoms with Gasteiger partial charge in [0.05, 0.1) is 9.67 Å². The zero-order valence-electron chi connectivity index (χ0n) is 25.7. The van der Waals surface area contributed by atoms with Crippen molar-refractivity contribution < 1.29 is 57.8 Å². The summed E-state index contributed by atoms with van der Waals surface area (Å²) in [5, 5.41) is 27.6. The van der Waals surface area contributed by atoms with Gasteiger partial charge in [0.2, 0.25) is 18.0 Å². The molecule has 4 amide bonds. The Morgan fingerprint density at radius 3 is 2.25 bits per heavy atom. The van der Waals surface area contributed by atoms with Crippen molar-refractivity contribution in [2.24, 2.45) is 0 Å². The van der Waals surface area contributed by atoms with E-state index in [2.05, 4.69) is 16.0 Å². The lowest BCUT2D eigenvalue weighted by Crippen LogP contribution is -2.80. The van der Waals surface area contributed by atoms with Gasteiger partial charge in [0, 0.05) is 26.0 Å². The summed E-state index contributed by atoms with van der Waals surface area (Å²) < 4.78 is 14.0. The molecule has 0 aliphatic carbocycles. The minimum Gasteiger partial charge on any atom is -0.478 e. The molecule has 2 aliphatic rings. The van der Waals surface area contributed by atoms with Crippen LogP contribution in [-0.4, -0.2) is 79.0 Å². The molecule has 48 heavy (non-hydrogen) atoms. The van der Waals surface area contributed by atoms with Crippen LogP contribution < -0.4 is 25.4 Å². The Morgan fingerprint density at radius 1 is 1.06 bits per heavy atom. The van der Waals surface area contributed by atoms with Gasteiger partial charge in [-0.1, -0.05) is 6.07 Å². The number of ether oxygens (including phenoxy) is 3. The van der Waals surface area contributed by atoms with Crippen molar-refractivity contribution in [3.63, 3.8) is 0 Å². The highest BCUT2D eigenvalue weighted by atomic mass is 32.2. The number of carboxylic acids is 1. The standard InChI is InChI=1S/C29H29N5O13S/c1-14(36)46-19-10-7-17(11-20(19)47-15(2)37)21(31-27(42)45-12-16-5-8-18(9-6-16)34(43)44)23(38)32-29(26(40)41)28(3,4)48-25-22(30-13-35)24(39)33(25)29/h5-11,13,21-22,25H,12H2,1-4H3,(H,30,35)(H,31,42)(H,32,38)(H,40,41)/t21?,22-,25+,29-/m0/s1. The van der Waals surface area contributed by atoms with Crippen molar-refractivity contribution in [2.75, 3.05) is 0 Å². The monoisotopic (exact) mass is 687 g/mol. The third-order valence-electron chi connectivity index (χ3n) is 7.40. The van der Waals surface area contributed by atoms with Crippen LogP contribution in [0.3, 0.4) is 0 Å². The summed E-state index contributed by atoms with van der Waals surface area (Å²) in [4.78, 5) is 98.8. The first-order valence-electron chi connectivity index (χ1n) is 14.0. The first-order chi connectivity index (χ1) is 22.5. The SMILES string of the molecule is CC(=O)Oc1ccc(C(NC(=O)OCc2ccc([N+](=O)[O-])cc2)C(=O)N[C@@]2(C(=O)O)N3C(=O)[C@H](NC=O)[C@H]3SC2(C)C)cc1OC(C)=O. The molecule has 4 atom stereocenters. The normalized spacial score (nSPS) is 21.0. The van der Waals surface area contributed by atoms with Crippen molar-refractivity contribution in [1.29, 1.82) is 0 Å². The Hall–Kier alpha value is -5.72. The number of hydrogen-bond acceptors (Lipinski definition) is 13. The van der Waals surface area contributed by atoms with Gasteiger partial charge in [-0.15, -0.1) is 11.8 Å². The summed E-state index contributed by atoms with van der Waals surface area (Å²) in [7, 11) is 0. The van der Waals surface area contributed by atoms with E-state index < -0.39 is 68.6 Å². The lowest BCUT2D eigenvalue weighted by Gasteiger charge is -2.49. The third kappa shape index (κ3) is 6.70. The second kappa shape index (κ2) is 13.6. The summed E-state index contributed by atoms with van der Waals surface area (Å²) in [6.07, 6.45) is -0.890. The second-order valence-electron chi connectivity index (χ2n) is 11.0. The molecule has 0 aromatic heterocycles. The number of thioether (sulfide) groups is 1. The average molecular weight is 688 g/mol. The number of aliphatic carboxylic acids is 1. The summed E-state index contributed by atoms with van der Waals surface area (Å²) in [6.45, 7) is 4.72. The molecule has 0 radical (unpaired) electrons. The molecule has 4 N–H and O–H groups in total. The summed E-state index contributed by atoms with van der Waals surface area (Å²) in [5.41, 5.74) is -2.31. The van der Waals surface area contributed by atoms with Crippen molar-refractivity contribution >= 4 is 59.7 Å². The quantitative estimate of drug-likeness (QED) is 0.0610. The van der Waals surface area contributed by atoms with Gasteiger partial charge in [0.1, 0.15) is 24.1 Å². The number of hydrogen-bond donors (Lipinski definition) is 4. The maximum Gasteiger partial charge on any atom is 0.408 e. The lowest BCUT2D eigenvalue weighted by atomic mass is 9.88. The Balaban J connectivity index is 1.70. The highest BCUT2D eigenvalue weighted by molar-refractivity contribution is 8.01. The molecule has 2 fully saturated rings.